The first kappa shape index (κ1) is 16.1. The van der Waals surface area contributed by atoms with Gasteiger partial charge in [-0.2, -0.15) is 4.98 Å². The Balaban J connectivity index is 1.32. The Labute approximate surface area is 169 Å². The summed E-state index contributed by atoms with van der Waals surface area (Å²) in [6, 6.07) is 16.3. The number of ether oxygens (including phenoxy) is 2. The number of hydrogen-bond donors (Lipinski definition) is 0. The van der Waals surface area contributed by atoms with Gasteiger partial charge < -0.3 is 18.8 Å². The number of fused-ring (bicyclic) bond motifs is 4. The van der Waals surface area contributed by atoms with E-state index in [0.717, 1.165) is 35.2 Å². The van der Waals surface area contributed by atoms with E-state index in [1.54, 1.807) is 0 Å². The second kappa shape index (κ2) is 5.89. The summed E-state index contributed by atoms with van der Waals surface area (Å²) in [5, 5.41) is 0. The van der Waals surface area contributed by atoms with Gasteiger partial charge in [0.25, 0.3) is 6.01 Å². The number of rotatable bonds is 2. The zero-order chi connectivity index (χ0) is 18.9. The van der Waals surface area contributed by atoms with E-state index in [0.29, 0.717) is 30.7 Å². The molecular formula is C23H23N3O3. The lowest BCUT2D eigenvalue weighted by Crippen LogP contribution is -2.60. The predicted octanol–water partition coefficient (Wildman–Crippen LogP) is 3.62. The molecule has 4 saturated heterocycles. The van der Waals surface area contributed by atoms with Crippen molar-refractivity contribution in [3.63, 3.8) is 0 Å². The van der Waals surface area contributed by atoms with Gasteiger partial charge >= 0.3 is 0 Å². The van der Waals surface area contributed by atoms with Crippen molar-refractivity contribution in [1.29, 1.82) is 0 Å². The highest BCUT2D eigenvalue weighted by Crippen LogP contribution is 2.49. The van der Waals surface area contributed by atoms with Crippen LogP contribution < -0.4 is 14.4 Å². The Kier molecular flexibility index (Phi) is 3.27. The van der Waals surface area contributed by atoms with Crippen LogP contribution in [-0.4, -0.2) is 48.4 Å². The standard InChI is InChI=1S/C23H23N3O3/c1-2-4-18-17(3-1)24-23(29-18)26-12-16(15-5-6-19-20(11-15)28-13-27-19)22-21(26)14-7-9-25(22)10-8-14/h1-6,11,14,16,21-22H,7-10,12-13H2/t16-,21+,22+/m0/s1. The van der Waals surface area contributed by atoms with Crippen molar-refractivity contribution in [2.75, 3.05) is 31.3 Å². The average molecular weight is 389 g/mol. The molecule has 0 aliphatic carbocycles. The summed E-state index contributed by atoms with van der Waals surface area (Å²) in [7, 11) is 0. The Morgan fingerprint density at radius 1 is 0.931 bits per heavy atom. The third-order valence-corrected chi connectivity index (χ3v) is 7.35. The van der Waals surface area contributed by atoms with Crippen molar-refractivity contribution in [2.24, 2.45) is 5.92 Å². The van der Waals surface area contributed by atoms with Gasteiger partial charge in [-0.3, -0.25) is 4.90 Å². The number of oxazole rings is 1. The van der Waals surface area contributed by atoms with Crippen LogP contribution in [0.1, 0.15) is 24.3 Å². The maximum absolute atomic E-state index is 6.22. The molecule has 5 aliphatic rings. The molecule has 6 heterocycles. The first-order valence-corrected chi connectivity index (χ1v) is 10.6. The second-order valence-electron chi connectivity index (χ2n) is 8.69. The number of para-hydroxylation sites is 2. The molecule has 2 bridgehead atoms. The summed E-state index contributed by atoms with van der Waals surface area (Å²) in [5.41, 5.74) is 3.13. The molecule has 1 aromatic heterocycles. The predicted molar refractivity (Wildman–Crippen MR) is 109 cm³/mol. The van der Waals surface area contributed by atoms with Crippen molar-refractivity contribution in [1.82, 2.24) is 9.88 Å². The van der Waals surface area contributed by atoms with Gasteiger partial charge in [0.05, 0.1) is 6.04 Å². The van der Waals surface area contributed by atoms with Gasteiger partial charge in [0, 0.05) is 18.5 Å². The summed E-state index contributed by atoms with van der Waals surface area (Å²) in [6.45, 7) is 3.65. The molecule has 0 spiro atoms. The van der Waals surface area contributed by atoms with Crippen molar-refractivity contribution in [3.05, 3.63) is 48.0 Å². The monoisotopic (exact) mass is 389 g/mol. The minimum absolute atomic E-state index is 0.318. The van der Waals surface area contributed by atoms with Crippen LogP contribution in [0.2, 0.25) is 0 Å². The Hall–Kier alpha value is -2.73. The average Bonchev–Trinajstić information content (AvgIpc) is 3.50. The first-order valence-electron chi connectivity index (χ1n) is 10.6. The van der Waals surface area contributed by atoms with Gasteiger partial charge in [0.2, 0.25) is 6.79 Å². The summed E-state index contributed by atoms with van der Waals surface area (Å²) in [4.78, 5) is 10.0. The van der Waals surface area contributed by atoms with Crippen LogP contribution in [0.4, 0.5) is 6.01 Å². The lowest BCUT2D eigenvalue weighted by atomic mass is 9.75. The largest absolute Gasteiger partial charge is 0.454 e. The molecule has 5 aliphatic heterocycles. The Bertz CT molecular complexity index is 1050. The molecule has 6 heteroatoms. The van der Waals surface area contributed by atoms with E-state index >= 15 is 0 Å². The van der Waals surface area contributed by atoms with Crippen LogP contribution >= 0.6 is 0 Å². The molecule has 0 N–H and O–H groups in total. The van der Waals surface area contributed by atoms with Crippen molar-refractivity contribution >= 4 is 17.1 Å². The van der Waals surface area contributed by atoms with E-state index in [4.69, 9.17) is 18.9 Å². The molecule has 29 heavy (non-hydrogen) atoms. The summed E-state index contributed by atoms with van der Waals surface area (Å²) >= 11 is 0. The third-order valence-electron chi connectivity index (χ3n) is 7.35. The molecule has 148 valence electrons. The van der Waals surface area contributed by atoms with Crippen LogP contribution in [0, 0.1) is 5.92 Å². The molecule has 0 radical (unpaired) electrons. The lowest BCUT2D eigenvalue weighted by Gasteiger charge is -2.50. The van der Waals surface area contributed by atoms with Gasteiger partial charge in [-0.05, 0) is 61.7 Å². The van der Waals surface area contributed by atoms with Crippen LogP contribution in [0.3, 0.4) is 0 Å². The molecule has 4 fully saturated rings. The van der Waals surface area contributed by atoms with Crippen LogP contribution in [0.15, 0.2) is 46.9 Å². The smallest absolute Gasteiger partial charge is 0.298 e. The molecular weight excluding hydrogens is 366 g/mol. The van der Waals surface area contributed by atoms with Crippen molar-refractivity contribution in [2.45, 2.75) is 30.8 Å². The number of aromatic nitrogens is 1. The number of hydrogen-bond acceptors (Lipinski definition) is 6. The van der Waals surface area contributed by atoms with Gasteiger partial charge in [-0.1, -0.05) is 18.2 Å². The number of piperidine rings is 3. The van der Waals surface area contributed by atoms with Crippen LogP contribution in [0.5, 0.6) is 11.5 Å². The van der Waals surface area contributed by atoms with Gasteiger partial charge in [-0.15, -0.1) is 0 Å². The molecule has 0 saturated carbocycles. The maximum Gasteiger partial charge on any atom is 0.298 e. The van der Waals surface area contributed by atoms with Crippen LogP contribution in [-0.2, 0) is 0 Å². The van der Waals surface area contributed by atoms with Gasteiger partial charge in [-0.25, -0.2) is 0 Å². The minimum Gasteiger partial charge on any atom is -0.454 e. The van der Waals surface area contributed by atoms with Crippen LogP contribution in [0.25, 0.3) is 11.1 Å². The number of benzene rings is 2. The van der Waals surface area contributed by atoms with E-state index in [-0.39, 0.29) is 0 Å². The van der Waals surface area contributed by atoms with Gasteiger partial charge in [0.1, 0.15) is 5.52 Å². The highest BCUT2D eigenvalue weighted by Gasteiger charge is 2.54. The zero-order valence-corrected chi connectivity index (χ0v) is 16.2. The fourth-order valence-corrected chi connectivity index (χ4v) is 6.06. The van der Waals surface area contributed by atoms with Gasteiger partial charge in [0.15, 0.2) is 17.1 Å². The summed E-state index contributed by atoms with van der Waals surface area (Å²) in [5.74, 6) is 2.84. The van der Waals surface area contributed by atoms with Crippen molar-refractivity contribution in [3.8, 4) is 11.5 Å². The summed E-state index contributed by atoms with van der Waals surface area (Å²) < 4.78 is 17.4. The van der Waals surface area contributed by atoms with E-state index in [9.17, 15) is 0 Å². The fourth-order valence-electron chi connectivity index (χ4n) is 6.06. The highest BCUT2D eigenvalue weighted by atomic mass is 16.7. The van der Waals surface area contributed by atoms with E-state index in [2.05, 4.69) is 28.0 Å². The normalized spacial score (nSPS) is 32.1. The molecule has 3 aromatic rings. The Morgan fingerprint density at radius 2 is 1.79 bits per heavy atom. The maximum atomic E-state index is 6.22. The second-order valence-corrected chi connectivity index (χ2v) is 8.69. The Morgan fingerprint density at radius 3 is 2.69 bits per heavy atom. The SMILES string of the molecule is c1ccc2oc(N3C[C@@H](c4ccc5c(c4)OCO5)[C@@H]4[C@H]3C3CCN4CC3)nc2c1. The summed E-state index contributed by atoms with van der Waals surface area (Å²) in [6.07, 6.45) is 2.54. The highest BCUT2D eigenvalue weighted by molar-refractivity contribution is 5.74. The molecule has 0 amide bonds. The molecule has 2 aromatic carbocycles. The van der Waals surface area contributed by atoms with E-state index in [1.807, 2.05) is 24.3 Å². The molecule has 0 unspecified atom stereocenters. The zero-order valence-electron chi connectivity index (χ0n) is 16.2. The van der Waals surface area contributed by atoms with Crippen molar-refractivity contribution < 1.29 is 13.9 Å². The van der Waals surface area contributed by atoms with E-state index in [1.165, 1.54) is 31.5 Å². The number of nitrogens with zero attached hydrogens (tertiary/aromatic N) is 3. The topological polar surface area (TPSA) is 51.0 Å². The minimum atomic E-state index is 0.318. The fraction of sp³-hybridized carbons (Fsp3) is 0.435. The molecule has 8 rings (SSSR count). The molecule has 3 atom stereocenters. The number of anilines is 1. The molecule has 6 nitrogen and oxygen atoms in total. The first-order chi connectivity index (χ1) is 14.3. The lowest BCUT2D eigenvalue weighted by molar-refractivity contribution is 0.0348. The van der Waals surface area contributed by atoms with E-state index < -0.39 is 0 Å². The quantitative estimate of drug-likeness (QED) is 0.667. The third kappa shape index (κ3) is 2.29.